The molecule has 0 aliphatic heterocycles. The number of nitrogens with zero attached hydrogens (tertiary/aromatic N) is 2. The largest absolute Gasteiger partial charge is 0.382 e. The van der Waals surface area contributed by atoms with E-state index < -0.39 is 0 Å². The molecule has 0 aliphatic carbocycles. The van der Waals surface area contributed by atoms with Crippen molar-refractivity contribution in [2.24, 2.45) is 0 Å². The van der Waals surface area contributed by atoms with Gasteiger partial charge in [-0.1, -0.05) is 0 Å². The third kappa shape index (κ3) is 3.59. The van der Waals surface area contributed by atoms with Gasteiger partial charge in [0.05, 0.1) is 19.4 Å². The van der Waals surface area contributed by atoms with Gasteiger partial charge >= 0.3 is 0 Å². The lowest BCUT2D eigenvalue weighted by Crippen LogP contribution is -2.13. The highest BCUT2D eigenvalue weighted by molar-refractivity contribution is 5.94. The molecule has 1 aromatic heterocycles. The number of ketones is 1. The molecular formula is C9H12N2O3. The van der Waals surface area contributed by atoms with Crippen LogP contribution in [0.3, 0.4) is 0 Å². The Labute approximate surface area is 82.1 Å². The summed E-state index contributed by atoms with van der Waals surface area (Å²) in [5.74, 6) is -0.172. The molecule has 0 N–H and O–H groups in total. The second kappa shape index (κ2) is 6.17. The van der Waals surface area contributed by atoms with Gasteiger partial charge in [-0.05, 0) is 0 Å². The molecule has 0 saturated heterocycles. The minimum absolute atomic E-state index is 0.0159. The van der Waals surface area contributed by atoms with Gasteiger partial charge in [-0.3, -0.25) is 9.78 Å². The zero-order valence-corrected chi connectivity index (χ0v) is 7.97. The fraction of sp³-hybridized carbons (Fsp3) is 0.444. The average Bonchev–Trinajstić information content (AvgIpc) is 2.25. The Morgan fingerprint density at radius 1 is 1.43 bits per heavy atom. The molecule has 0 fully saturated rings. The van der Waals surface area contributed by atoms with Crippen LogP contribution in [0.1, 0.15) is 10.5 Å². The summed E-state index contributed by atoms with van der Waals surface area (Å²) < 4.78 is 9.81. The number of hydrogen-bond donors (Lipinski definition) is 0. The van der Waals surface area contributed by atoms with E-state index in [0.717, 1.165) is 0 Å². The van der Waals surface area contributed by atoms with Crippen molar-refractivity contribution in [3.8, 4) is 0 Å². The Bertz CT molecular complexity index is 277. The van der Waals surface area contributed by atoms with E-state index >= 15 is 0 Å². The third-order valence-corrected chi connectivity index (χ3v) is 1.51. The number of hydrogen-bond acceptors (Lipinski definition) is 5. The maximum Gasteiger partial charge on any atom is 0.208 e. The molecule has 0 radical (unpaired) electrons. The lowest BCUT2D eigenvalue weighted by molar-refractivity contribution is 0.0573. The summed E-state index contributed by atoms with van der Waals surface area (Å²) in [4.78, 5) is 19.0. The van der Waals surface area contributed by atoms with Crippen LogP contribution in [0.15, 0.2) is 18.6 Å². The van der Waals surface area contributed by atoms with Crippen molar-refractivity contribution in [2.45, 2.75) is 0 Å². The maximum atomic E-state index is 11.3. The fourth-order valence-corrected chi connectivity index (χ4v) is 0.824. The molecular weight excluding hydrogens is 184 g/mol. The van der Waals surface area contributed by atoms with Gasteiger partial charge in [0.15, 0.2) is 0 Å². The van der Waals surface area contributed by atoms with Gasteiger partial charge in [0.1, 0.15) is 12.3 Å². The van der Waals surface area contributed by atoms with E-state index in [0.29, 0.717) is 18.9 Å². The number of carbonyl (C=O) groups excluding carboxylic acids is 1. The highest BCUT2D eigenvalue weighted by atomic mass is 16.5. The third-order valence-electron chi connectivity index (χ3n) is 1.51. The van der Waals surface area contributed by atoms with E-state index in [1.165, 1.54) is 18.6 Å². The second-order valence-corrected chi connectivity index (χ2v) is 2.56. The second-order valence-electron chi connectivity index (χ2n) is 2.56. The molecule has 5 nitrogen and oxygen atoms in total. The highest BCUT2D eigenvalue weighted by Gasteiger charge is 2.06. The van der Waals surface area contributed by atoms with E-state index in [1.54, 1.807) is 7.11 Å². The summed E-state index contributed by atoms with van der Waals surface area (Å²) in [5, 5.41) is 0. The Balaban J connectivity index is 2.29. The average molecular weight is 196 g/mol. The lowest BCUT2D eigenvalue weighted by atomic mass is 10.3. The zero-order valence-electron chi connectivity index (χ0n) is 7.97. The fourth-order valence-electron chi connectivity index (χ4n) is 0.824. The van der Waals surface area contributed by atoms with Crippen molar-refractivity contribution >= 4 is 5.78 Å². The lowest BCUT2D eigenvalue weighted by Gasteiger charge is -2.01. The normalized spacial score (nSPS) is 10.1. The van der Waals surface area contributed by atoms with Crippen molar-refractivity contribution in [3.05, 3.63) is 24.3 Å². The van der Waals surface area contributed by atoms with Crippen molar-refractivity contribution in [2.75, 3.05) is 26.9 Å². The van der Waals surface area contributed by atoms with Crippen LogP contribution in [0.25, 0.3) is 0 Å². The van der Waals surface area contributed by atoms with E-state index in [1.807, 2.05) is 0 Å². The van der Waals surface area contributed by atoms with Crippen LogP contribution in [0.4, 0.5) is 0 Å². The monoisotopic (exact) mass is 196 g/mol. The SMILES string of the molecule is COCCOCC(=O)c1cnccn1. The van der Waals surface area contributed by atoms with Crippen molar-refractivity contribution in [3.63, 3.8) is 0 Å². The molecule has 0 aliphatic rings. The van der Waals surface area contributed by atoms with Gasteiger partial charge < -0.3 is 9.47 Å². The summed E-state index contributed by atoms with van der Waals surface area (Å²) in [7, 11) is 1.58. The number of Topliss-reactive ketones (excluding diaryl/α,β-unsaturated/α-hetero) is 1. The van der Waals surface area contributed by atoms with Gasteiger partial charge in [-0.2, -0.15) is 0 Å². The summed E-state index contributed by atoms with van der Waals surface area (Å²) in [6, 6.07) is 0. The molecule has 5 heteroatoms. The molecule has 0 bridgehead atoms. The quantitative estimate of drug-likeness (QED) is 0.484. The number of methoxy groups -OCH3 is 1. The Morgan fingerprint density at radius 2 is 2.29 bits per heavy atom. The first-order chi connectivity index (χ1) is 6.84. The number of aromatic nitrogens is 2. The van der Waals surface area contributed by atoms with E-state index in [-0.39, 0.29) is 12.4 Å². The maximum absolute atomic E-state index is 11.3. The first-order valence-electron chi connectivity index (χ1n) is 4.20. The van der Waals surface area contributed by atoms with Gasteiger partial charge in [0, 0.05) is 19.5 Å². The van der Waals surface area contributed by atoms with Gasteiger partial charge in [-0.25, -0.2) is 4.98 Å². The van der Waals surface area contributed by atoms with Crippen molar-refractivity contribution in [1.29, 1.82) is 0 Å². The topological polar surface area (TPSA) is 61.3 Å². The molecule has 1 aromatic rings. The molecule has 0 amide bonds. The van der Waals surface area contributed by atoms with Gasteiger partial charge in [0.25, 0.3) is 0 Å². The standard InChI is InChI=1S/C9H12N2O3/c1-13-4-5-14-7-9(12)8-6-10-2-3-11-8/h2-3,6H,4-5,7H2,1H3. The first-order valence-corrected chi connectivity index (χ1v) is 4.20. The molecule has 0 saturated carbocycles. The predicted molar refractivity (Wildman–Crippen MR) is 49.1 cm³/mol. The minimum Gasteiger partial charge on any atom is -0.382 e. The van der Waals surface area contributed by atoms with Gasteiger partial charge in [0.2, 0.25) is 5.78 Å². The van der Waals surface area contributed by atoms with Crippen molar-refractivity contribution < 1.29 is 14.3 Å². The van der Waals surface area contributed by atoms with Crippen LogP contribution >= 0.6 is 0 Å². The number of ether oxygens (including phenoxy) is 2. The summed E-state index contributed by atoms with van der Waals surface area (Å²) >= 11 is 0. The van der Waals surface area contributed by atoms with Crippen LogP contribution in [-0.2, 0) is 9.47 Å². The Hall–Kier alpha value is -1.33. The van der Waals surface area contributed by atoms with Crippen LogP contribution in [0, 0.1) is 0 Å². The molecule has 14 heavy (non-hydrogen) atoms. The smallest absolute Gasteiger partial charge is 0.208 e. The molecule has 1 heterocycles. The summed E-state index contributed by atoms with van der Waals surface area (Å²) in [6.45, 7) is 0.901. The molecule has 1 rings (SSSR count). The summed E-state index contributed by atoms with van der Waals surface area (Å²) in [6.07, 6.45) is 4.41. The first kappa shape index (κ1) is 10.7. The number of carbonyl (C=O) groups is 1. The van der Waals surface area contributed by atoms with Crippen LogP contribution < -0.4 is 0 Å². The molecule has 76 valence electrons. The van der Waals surface area contributed by atoms with Gasteiger partial charge in [-0.15, -0.1) is 0 Å². The van der Waals surface area contributed by atoms with Crippen LogP contribution in [0.5, 0.6) is 0 Å². The molecule has 0 aromatic carbocycles. The van der Waals surface area contributed by atoms with Crippen LogP contribution in [0.2, 0.25) is 0 Å². The zero-order chi connectivity index (χ0) is 10.2. The van der Waals surface area contributed by atoms with E-state index in [4.69, 9.17) is 9.47 Å². The Morgan fingerprint density at radius 3 is 2.93 bits per heavy atom. The molecule has 0 atom stereocenters. The molecule has 0 spiro atoms. The number of rotatable bonds is 6. The van der Waals surface area contributed by atoms with E-state index in [9.17, 15) is 4.79 Å². The Kier molecular flexibility index (Phi) is 4.74. The molecule has 0 unspecified atom stereocenters. The van der Waals surface area contributed by atoms with Crippen LogP contribution in [-0.4, -0.2) is 42.7 Å². The van der Waals surface area contributed by atoms with E-state index in [2.05, 4.69) is 9.97 Å². The highest BCUT2D eigenvalue weighted by Crippen LogP contribution is 1.93. The minimum atomic E-state index is -0.172. The predicted octanol–water partition coefficient (Wildman–Crippen LogP) is 0.322. The van der Waals surface area contributed by atoms with Crippen molar-refractivity contribution in [1.82, 2.24) is 9.97 Å². The summed E-state index contributed by atoms with van der Waals surface area (Å²) in [5.41, 5.74) is 0.324.